The summed E-state index contributed by atoms with van der Waals surface area (Å²) in [6.45, 7) is 3.56. The molecule has 0 aliphatic rings. The van der Waals surface area contributed by atoms with E-state index in [1.807, 2.05) is 24.3 Å². The molecule has 1 aromatic heterocycles. The van der Waals surface area contributed by atoms with E-state index in [1.54, 1.807) is 5.38 Å². The molecule has 0 fully saturated rings. The average molecular weight is 396 g/mol. The van der Waals surface area contributed by atoms with Crippen molar-refractivity contribution >= 4 is 34.0 Å². The van der Waals surface area contributed by atoms with E-state index >= 15 is 0 Å². The highest BCUT2D eigenvalue weighted by molar-refractivity contribution is 7.14. The van der Waals surface area contributed by atoms with Crippen LogP contribution in [0.5, 0.6) is 5.75 Å². The van der Waals surface area contributed by atoms with Crippen molar-refractivity contribution in [2.24, 2.45) is 0 Å². The normalized spacial score (nSPS) is 10.5. The molecule has 0 bridgehead atoms. The zero-order chi connectivity index (χ0) is 20.1. The highest BCUT2D eigenvalue weighted by Crippen LogP contribution is 2.29. The summed E-state index contributed by atoms with van der Waals surface area (Å²) in [5, 5.41) is 11.6. The van der Waals surface area contributed by atoms with E-state index in [0.717, 1.165) is 12.1 Å². The van der Waals surface area contributed by atoms with Gasteiger partial charge < -0.3 is 9.84 Å². The number of anilines is 2. The SMILES string of the molecule is CCc1ccc(N(C(C)=O)c2nc(COC(=O)c3ccc(O)cc3)cs2)cc1. The van der Waals surface area contributed by atoms with Crippen molar-refractivity contribution in [1.29, 1.82) is 0 Å². The molecule has 0 radical (unpaired) electrons. The molecule has 7 heteroatoms. The molecule has 0 unspecified atom stereocenters. The second-order valence-electron chi connectivity index (χ2n) is 6.12. The summed E-state index contributed by atoms with van der Waals surface area (Å²) >= 11 is 1.31. The number of aryl methyl sites for hydroxylation is 1. The van der Waals surface area contributed by atoms with Crippen LogP contribution in [0.3, 0.4) is 0 Å². The minimum absolute atomic E-state index is 0.00325. The lowest BCUT2D eigenvalue weighted by atomic mass is 10.1. The molecule has 0 saturated carbocycles. The summed E-state index contributed by atoms with van der Waals surface area (Å²) in [6, 6.07) is 13.6. The summed E-state index contributed by atoms with van der Waals surface area (Å²) in [6.07, 6.45) is 0.925. The van der Waals surface area contributed by atoms with Crippen LogP contribution in [-0.2, 0) is 22.6 Å². The second-order valence-corrected chi connectivity index (χ2v) is 6.96. The number of benzene rings is 2. The van der Waals surface area contributed by atoms with Gasteiger partial charge in [0, 0.05) is 12.3 Å². The van der Waals surface area contributed by atoms with Crippen molar-refractivity contribution in [2.45, 2.75) is 26.9 Å². The highest BCUT2D eigenvalue weighted by Gasteiger charge is 2.18. The smallest absolute Gasteiger partial charge is 0.338 e. The van der Waals surface area contributed by atoms with Crippen molar-refractivity contribution in [2.75, 3.05) is 4.90 Å². The summed E-state index contributed by atoms with van der Waals surface area (Å²) in [5.41, 5.74) is 2.83. The first kappa shape index (κ1) is 19.6. The fourth-order valence-electron chi connectivity index (χ4n) is 2.59. The number of hydrogen-bond acceptors (Lipinski definition) is 6. The number of aromatic nitrogens is 1. The van der Waals surface area contributed by atoms with Gasteiger partial charge in [-0.2, -0.15) is 0 Å². The zero-order valence-electron chi connectivity index (χ0n) is 15.6. The maximum Gasteiger partial charge on any atom is 0.338 e. The lowest BCUT2D eigenvalue weighted by Gasteiger charge is -2.18. The van der Waals surface area contributed by atoms with Gasteiger partial charge in [0.15, 0.2) is 5.13 Å². The Labute approximate surface area is 167 Å². The number of phenolic OH excluding ortho intramolecular Hbond substituents is 1. The van der Waals surface area contributed by atoms with Crippen LogP contribution in [0.2, 0.25) is 0 Å². The lowest BCUT2D eigenvalue weighted by molar-refractivity contribution is -0.115. The molecule has 0 spiro atoms. The Balaban J connectivity index is 1.71. The maximum atomic E-state index is 12.2. The van der Waals surface area contributed by atoms with Crippen LogP contribution in [0.15, 0.2) is 53.9 Å². The van der Waals surface area contributed by atoms with Crippen LogP contribution in [0.4, 0.5) is 10.8 Å². The van der Waals surface area contributed by atoms with Crippen LogP contribution >= 0.6 is 11.3 Å². The number of hydrogen-bond donors (Lipinski definition) is 1. The quantitative estimate of drug-likeness (QED) is 0.623. The number of ether oxygens (including phenoxy) is 1. The number of rotatable bonds is 6. The Hall–Kier alpha value is -3.19. The summed E-state index contributed by atoms with van der Waals surface area (Å²) in [7, 11) is 0. The van der Waals surface area contributed by atoms with Crippen LogP contribution < -0.4 is 4.90 Å². The van der Waals surface area contributed by atoms with Gasteiger partial charge in [-0.05, 0) is 48.4 Å². The van der Waals surface area contributed by atoms with Crippen LogP contribution in [0, 0.1) is 0 Å². The van der Waals surface area contributed by atoms with Crippen LogP contribution in [0.25, 0.3) is 0 Å². The molecule has 144 valence electrons. The number of aromatic hydroxyl groups is 1. The minimum atomic E-state index is -0.506. The number of esters is 1. The summed E-state index contributed by atoms with van der Waals surface area (Å²) < 4.78 is 5.26. The van der Waals surface area contributed by atoms with Gasteiger partial charge in [0.1, 0.15) is 12.4 Å². The van der Waals surface area contributed by atoms with E-state index in [1.165, 1.54) is 53.0 Å². The number of carbonyl (C=O) groups excluding carboxylic acids is 2. The topological polar surface area (TPSA) is 79.7 Å². The van der Waals surface area contributed by atoms with Gasteiger partial charge in [0.2, 0.25) is 5.91 Å². The van der Waals surface area contributed by atoms with Crippen molar-refractivity contribution in [3.63, 3.8) is 0 Å². The minimum Gasteiger partial charge on any atom is -0.508 e. The molecule has 6 nitrogen and oxygen atoms in total. The van der Waals surface area contributed by atoms with Crippen LogP contribution in [-0.4, -0.2) is 22.0 Å². The molecule has 1 heterocycles. The number of nitrogens with zero attached hydrogens (tertiary/aromatic N) is 2. The van der Waals surface area contributed by atoms with Gasteiger partial charge in [-0.3, -0.25) is 9.69 Å². The predicted octanol–water partition coefficient (Wildman–Crippen LogP) is 4.45. The molecule has 3 rings (SSSR count). The van der Waals surface area contributed by atoms with Crippen LogP contribution in [0.1, 0.15) is 35.5 Å². The fourth-order valence-corrected chi connectivity index (χ4v) is 3.46. The monoisotopic (exact) mass is 396 g/mol. The van der Waals surface area contributed by atoms with Gasteiger partial charge in [-0.1, -0.05) is 19.1 Å². The molecular weight excluding hydrogens is 376 g/mol. The Morgan fingerprint density at radius 1 is 1.11 bits per heavy atom. The molecule has 0 aliphatic heterocycles. The van der Waals surface area contributed by atoms with E-state index < -0.39 is 5.97 Å². The first-order valence-corrected chi connectivity index (χ1v) is 9.66. The van der Waals surface area contributed by atoms with Crippen molar-refractivity contribution in [3.05, 3.63) is 70.7 Å². The maximum absolute atomic E-state index is 12.2. The standard InChI is InChI=1S/C21H20N2O4S/c1-3-15-4-8-18(9-5-15)23(14(2)24)21-22-17(13-28-21)12-27-20(26)16-6-10-19(25)11-7-16/h4-11,13,25H,3,12H2,1-2H3. The number of thiazole rings is 1. The Kier molecular flexibility index (Phi) is 6.06. The van der Waals surface area contributed by atoms with E-state index in [-0.39, 0.29) is 18.3 Å². The number of phenols is 1. The molecular formula is C21H20N2O4S. The average Bonchev–Trinajstić information content (AvgIpc) is 3.15. The molecule has 0 atom stereocenters. The molecule has 0 saturated heterocycles. The second kappa shape index (κ2) is 8.67. The number of amides is 1. The lowest BCUT2D eigenvalue weighted by Crippen LogP contribution is -2.22. The molecule has 1 N–H and O–H groups in total. The van der Waals surface area contributed by atoms with E-state index in [0.29, 0.717) is 16.4 Å². The third-order valence-corrected chi connectivity index (χ3v) is 4.98. The van der Waals surface area contributed by atoms with Crippen molar-refractivity contribution < 1.29 is 19.4 Å². The zero-order valence-corrected chi connectivity index (χ0v) is 16.4. The molecule has 2 aromatic carbocycles. The van der Waals surface area contributed by atoms with Gasteiger partial charge in [0.05, 0.1) is 16.9 Å². The Morgan fingerprint density at radius 3 is 2.39 bits per heavy atom. The third kappa shape index (κ3) is 4.55. The van der Waals surface area contributed by atoms with Crippen molar-refractivity contribution in [3.8, 4) is 5.75 Å². The largest absolute Gasteiger partial charge is 0.508 e. The number of carbonyl (C=O) groups is 2. The van der Waals surface area contributed by atoms with Gasteiger partial charge in [-0.15, -0.1) is 11.3 Å². The Bertz CT molecular complexity index is 965. The molecule has 1 amide bonds. The molecule has 0 aliphatic carbocycles. The van der Waals surface area contributed by atoms with E-state index in [4.69, 9.17) is 4.74 Å². The van der Waals surface area contributed by atoms with Gasteiger partial charge in [-0.25, -0.2) is 9.78 Å². The first-order chi connectivity index (χ1) is 13.5. The third-order valence-electron chi connectivity index (χ3n) is 4.10. The Morgan fingerprint density at radius 2 is 1.79 bits per heavy atom. The first-order valence-electron chi connectivity index (χ1n) is 8.78. The summed E-state index contributed by atoms with van der Waals surface area (Å²) in [4.78, 5) is 30.2. The summed E-state index contributed by atoms with van der Waals surface area (Å²) in [5.74, 6) is -0.573. The van der Waals surface area contributed by atoms with E-state index in [2.05, 4.69) is 11.9 Å². The van der Waals surface area contributed by atoms with Gasteiger partial charge in [0.25, 0.3) is 0 Å². The molecule has 28 heavy (non-hydrogen) atoms. The van der Waals surface area contributed by atoms with E-state index in [9.17, 15) is 14.7 Å². The predicted molar refractivity (Wildman–Crippen MR) is 108 cm³/mol. The van der Waals surface area contributed by atoms with Gasteiger partial charge >= 0.3 is 5.97 Å². The molecule has 3 aromatic rings. The highest BCUT2D eigenvalue weighted by atomic mass is 32.1. The van der Waals surface area contributed by atoms with Crippen molar-refractivity contribution in [1.82, 2.24) is 4.98 Å². The fraction of sp³-hybridized carbons (Fsp3) is 0.190.